The molecular weight excluding hydrogens is 474 g/mol. The van der Waals surface area contributed by atoms with Gasteiger partial charge in [-0.05, 0) is 69.4 Å². The zero-order valence-electron chi connectivity index (χ0n) is 20.8. The molecule has 0 spiro atoms. The van der Waals surface area contributed by atoms with E-state index < -0.39 is 11.6 Å². The first-order chi connectivity index (χ1) is 18.0. The molecule has 4 aromatic heterocycles. The Morgan fingerprint density at radius 1 is 1.00 bits per heavy atom. The predicted octanol–water partition coefficient (Wildman–Crippen LogP) is 4.91. The Morgan fingerprint density at radius 2 is 1.81 bits per heavy atom. The van der Waals surface area contributed by atoms with E-state index in [-0.39, 0.29) is 5.82 Å². The van der Waals surface area contributed by atoms with E-state index in [1.807, 2.05) is 12.3 Å². The third-order valence-corrected chi connectivity index (χ3v) is 7.28. The Labute approximate surface area is 213 Å². The molecule has 0 unspecified atom stereocenters. The molecule has 5 heterocycles. The van der Waals surface area contributed by atoms with Crippen molar-refractivity contribution in [2.45, 2.75) is 37.6 Å². The summed E-state index contributed by atoms with van der Waals surface area (Å²) in [5.41, 5.74) is 2.74. The minimum absolute atomic E-state index is 0.105. The lowest BCUT2D eigenvalue weighted by atomic mass is 10.0. The molecule has 1 N–H and O–H groups in total. The lowest BCUT2D eigenvalue weighted by Crippen LogP contribution is -2.42. The third-order valence-electron chi connectivity index (χ3n) is 7.28. The van der Waals surface area contributed by atoms with Gasteiger partial charge in [0.1, 0.15) is 17.5 Å². The standard InChI is InChI=1S/C27H28F2N8/c1-36-9-6-19(7-10-36)37(2)27-24-20(16-3-4-16)14-30-15-22(24)33-25(35-27)17-5-8-31-23(11-17)34-26-21(29)12-18(28)13-32-26/h5,8,11-16,19H,3-4,6-7,9-10H2,1-2H3,(H,31,32,34). The molecule has 190 valence electrons. The Morgan fingerprint density at radius 3 is 2.57 bits per heavy atom. The molecule has 0 bridgehead atoms. The van der Waals surface area contributed by atoms with Crippen LogP contribution in [0.25, 0.3) is 22.3 Å². The van der Waals surface area contributed by atoms with Crippen molar-refractivity contribution in [1.82, 2.24) is 29.8 Å². The third kappa shape index (κ3) is 4.81. The number of hydrogen-bond acceptors (Lipinski definition) is 8. The second kappa shape index (κ2) is 9.59. The van der Waals surface area contributed by atoms with E-state index in [1.54, 1.807) is 18.5 Å². The second-order valence-corrected chi connectivity index (χ2v) is 9.95. The van der Waals surface area contributed by atoms with Gasteiger partial charge in [0.25, 0.3) is 0 Å². The zero-order valence-corrected chi connectivity index (χ0v) is 20.8. The number of aromatic nitrogens is 5. The molecule has 1 saturated heterocycles. The molecule has 0 amide bonds. The van der Waals surface area contributed by atoms with Crippen molar-refractivity contribution < 1.29 is 8.78 Å². The lowest BCUT2D eigenvalue weighted by Gasteiger charge is -2.36. The number of pyridine rings is 3. The predicted molar refractivity (Wildman–Crippen MR) is 139 cm³/mol. The number of nitrogens with one attached hydrogen (secondary N) is 1. The number of fused-ring (bicyclic) bond motifs is 1. The molecule has 2 fully saturated rings. The fourth-order valence-corrected chi connectivity index (χ4v) is 5.00. The zero-order chi connectivity index (χ0) is 25.5. The fraction of sp³-hybridized carbons (Fsp3) is 0.370. The molecule has 2 aliphatic rings. The molecule has 1 aliphatic heterocycles. The van der Waals surface area contributed by atoms with Crippen LogP contribution in [0.2, 0.25) is 0 Å². The summed E-state index contributed by atoms with van der Waals surface area (Å²) in [6.07, 6.45) is 10.8. The van der Waals surface area contributed by atoms with Crippen molar-refractivity contribution in [3.63, 3.8) is 0 Å². The van der Waals surface area contributed by atoms with Crippen molar-refractivity contribution in [2.75, 3.05) is 37.4 Å². The average molecular weight is 503 g/mol. The number of halogens is 2. The maximum absolute atomic E-state index is 14.2. The quantitative estimate of drug-likeness (QED) is 0.398. The average Bonchev–Trinajstić information content (AvgIpc) is 3.75. The van der Waals surface area contributed by atoms with Crippen LogP contribution in [0.15, 0.2) is 43.0 Å². The van der Waals surface area contributed by atoms with Crippen molar-refractivity contribution in [3.8, 4) is 11.4 Å². The van der Waals surface area contributed by atoms with E-state index in [4.69, 9.17) is 9.97 Å². The maximum atomic E-state index is 14.2. The van der Waals surface area contributed by atoms with E-state index in [1.165, 1.54) is 5.56 Å². The van der Waals surface area contributed by atoms with Crippen LogP contribution >= 0.6 is 0 Å². The molecule has 8 nitrogen and oxygen atoms in total. The van der Waals surface area contributed by atoms with Gasteiger partial charge in [-0.25, -0.2) is 28.7 Å². The van der Waals surface area contributed by atoms with Crippen molar-refractivity contribution in [1.29, 1.82) is 0 Å². The van der Waals surface area contributed by atoms with Crippen molar-refractivity contribution in [2.24, 2.45) is 0 Å². The highest BCUT2D eigenvalue weighted by atomic mass is 19.1. The summed E-state index contributed by atoms with van der Waals surface area (Å²) in [7, 11) is 4.29. The monoisotopic (exact) mass is 502 g/mol. The normalized spacial score (nSPS) is 16.8. The van der Waals surface area contributed by atoms with Crippen LogP contribution in [0, 0.1) is 11.6 Å². The largest absolute Gasteiger partial charge is 0.356 e. The summed E-state index contributed by atoms with van der Waals surface area (Å²) in [5, 5.41) is 3.90. The van der Waals surface area contributed by atoms with E-state index in [9.17, 15) is 8.78 Å². The van der Waals surface area contributed by atoms with Gasteiger partial charge in [0.15, 0.2) is 17.5 Å². The summed E-state index contributed by atoms with van der Waals surface area (Å²) in [6.45, 7) is 2.10. The summed E-state index contributed by atoms with van der Waals surface area (Å²) < 4.78 is 27.4. The Hall–Kier alpha value is -3.79. The van der Waals surface area contributed by atoms with E-state index in [2.05, 4.69) is 44.2 Å². The van der Waals surface area contributed by atoms with Gasteiger partial charge in [-0.3, -0.25) is 4.98 Å². The summed E-state index contributed by atoms with van der Waals surface area (Å²) in [5.74, 6) is 0.668. The molecule has 4 aromatic rings. The Kier molecular flexibility index (Phi) is 6.11. The SMILES string of the molecule is CN1CCC(N(C)c2nc(-c3ccnc(Nc4ncc(F)cc4F)c3)nc3cncc(C4CC4)c23)CC1. The van der Waals surface area contributed by atoms with Crippen LogP contribution in [0.4, 0.5) is 26.2 Å². The van der Waals surface area contributed by atoms with Crippen molar-refractivity contribution >= 4 is 28.4 Å². The molecule has 0 radical (unpaired) electrons. The molecule has 6 rings (SSSR count). The van der Waals surface area contributed by atoms with Crippen LogP contribution in [-0.4, -0.2) is 63.0 Å². The molecule has 0 aromatic carbocycles. The van der Waals surface area contributed by atoms with Crippen LogP contribution in [0.5, 0.6) is 0 Å². The van der Waals surface area contributed by atoms with Gasteiger partial charge in [0.05, 0.1) is 17.9 Å². The minimum Gasteiger partial charge on any atom is -0.356 e. The summed E-state index contributed by atoms with van der Waals surface area (Å²) in [4.78, 5) is 27.2. The number of hydrogen-bond donors (Lipinski definition) is 1. The first kappa shape index (κ1) is 23.6. The van der Waals surface area contributed by atoms with Gasteiger partial charge in [-0.1, -0.05) is 0 Å². The van der Waals surface area contributed by atoms with Crippen LogP contribution in [0.1, 0.15) is 37.2 Å². The Balaban J connectivity index is 1.41. The van der Waals surface area contributed by atoms with Crippen LogP contribution in [0.3, 0.4) is 0 Å². The number of likely N-dealkylation sites (tertiary alicyclic amines) is 1. The number of nitrogens with zero attached hydrogens (tertiary/aromatic N) is 7. The number of piperidine rings is 1. The Bertz CT molecular complexity index is 1450. The van der Waals surface area contributed by atoms with Gasteiger partial charge >= 0.3 is 0 Å². The van der Waals surface area contributed by atoms with Gasteiger partial charge in [0.2, 0.25) is 0 Å². The van der Waals surface area contributed by atoms with Gasteiger partial charge < -0.3 is 15.1 Å². The highest BCUT2D eigenvalue weighted by Gasteiger charge is 2.30. The van der Waals surface area contributed by atoms with Gasteiger partial charge in [-0.2, -0.15) is 0 Å². The first-order valence-corrected chi connectivity index (χ1v) is 12.6. The highest BCUT2D eigenvalue weighted by molar-refractivity contribution is 5.94. The van der Waals surface area contributed by atoms with Crippen LogP contribution in [-0.2, 0) is 0 Å². The minimum atomic E-state index is -0.796. The van der Waals surface area contributed by atoms with E-state index in [0.717, 1.165) is 73.3 Å². The molecule has 0 atom stereocenters. The van der Waals surface area contributed by atoms with Gasteiger partial charge in [-0.15, -0.1) is 0 Å². The smallest absolute Gasteiger partial charge is 0.168 e. The molecule has 1 aliphatic carbocycles. The maximum Gasteiger partial charge on any atom is 0.168 e. The lowest BCUT2D eigenvalue weighted by molar-refractivity contribution is 0.252. The number of rotatable bonds is 6. The molecule has 37 heavy (non-hydrogen) atoms. The fourth-order valence-electron chi connectivity index (χ4n) is 5.00. The topological polar surface area (TPSA) is 83.0 Å². The highest BCUT2D eigenvalue weighted by Crippen LogP contribution is 2.45. The molecule has 1 saturated carbocycles. The first-order valence-electron chi connectivity index (χ1n) is 12.6. The summed E-state index contributed by atoms with van der Waals surface area (Å²) in [6, 6.07) is 4.72. The number of anilines is 3. The molecular formula is C27H28F2N8. The summed E-state index contributed by atoms with van der Waals surface area (Å²) >= 11 is 0. The second-order valence-electron chi connectivity index (χ2n) is 9.95. The van der Waals surface area contributed by atoms with Crippen molar-refractivity contribution in [3.05, 3.63) is 60.2 Å². The van der Waals surface area contributed by atoms with Gasteiger partial charge in [0, 0.05) is 42.5 Å². The molecule has 10 heteroatoms. The van der Waals surface area contributed by atoms with E-state index in [0.29, 0.717) is 23.6 Å². The van der Waals surface area contributed by atoms with Crippen LogP contribution < -0.4 is 10.2 Å². The van der Waals surface area contributed by atoms with E-state index >= 15 is 0 Å².